The third kappa shape index (κ3) is 2.83. The number of aromatic nitrogens is 1. The molecule has 0 aliphatic heterocycles. The van der Waals surface area contributed by atoms with Crippen molar-refractivity contribution in [1.82, 2.24) is 4.98 Å². The Labute approximate surface area is 156 Å². The average Bonchev–Trinajstić information content (AvgIpc) is 2.89. The summed E-state index contributed by atoms with van der Waals surface area (Å²) >= 11 is 0. The molecule has 0 atom stereocenters. The molecule has 2 aromatic rings. The highest BCUT2D eigenvalue weighted by atomic mass is 16.5. The van der Waals surface area contributed by atoms with Gasteiger partial charge in [0.05, 0.1) is 17.9 Å². The fourth-order valence-corrected chi connectivity index (χ4v) is 4.66. The first-order valence-electron chi connectivity index (χ1n) is 9.80. The molecule has 0 unspecified atom stereocenters. The van der Waals surface area contributed by atoms with E-state index >= 15 is 0 Å². The van der Waals surface area contributed by atoms with E-state index in [2.05, 4.69) is 30.3 Å². The Morgan fingerprint density at radius 1 is 1.08 bits per heavy atom. The van der Waals surface area contributed by atoms with Crippen molar-refractivity contribution < 1.29 is 4.74 Å². The van der Waals surface area contributed by atoms with Gasteiger partial charge in [0.15, 0.2) is 0 Å². The Bertz CT molecular complexity index is 832. The Hall–Kier alpha value is -2.18. The van der Waals surface area contributed by atoms with Gasteiger partial charge in [-0.1, -0.05) is 43.2 Å². The quantitative estimate of drug-likeness (QED) is 0.735. The molecule has 1 heterocycles. The number of methoxy groups -OCH3 is 1. The first kappa shape index (κ1) is 17.2. The molecule has 1 fully saturated rings. The van der Waals surface area contributed by atoms with Crippen LogP contribution < -0.4 is 0 Å². The van der Waals surface area contributed by atoms with Gasteiger partial charge in [-0.2, -0.15) is 5.26 Å². The first-order chi connectivity index (χ1) is 12.8. The number of hydrogen-bond acceptors (Lipinski definition) is 3. The molecule has 0 N–H and O–H groups in total. The van der Waals surface area contributed by atoms with E-state index in [4.69, 9.17) is 9.72 Å². The van der Waals surface area contributed by atoms with Crippen molar-refractivity contribution in [2.75, 3.05) is 13.7 Å². The molecule has 0 radical (unpaired) electrons. The fourth-order valence-electron chi connectivity index (χ4n) is 4.66. The molecule has 2 aliphatic rings. The van der Waals surface area contributed by atoms with E-state index in [-0.39, 0.29) is 5.41 Å². The van der Waals surface area contributed by atoms with Gasteiger partial charge in [0.25, 0.3) is 0 Å². The van der Waals surface area contributed by atoms with Gasteiger partial charge in [-0.05, 0) is 49.7 Å². The van der Waals surface area contributed by atoms with Gasteiger partial charge in [-0.25, -0.2) is 0 Å². The van der Waals surface area contributed by atoms with Crippen LogP contribution in [0, 0.1) is 11.3 Å². The van der Waals surface area contributed by atoms with Crippen LogP contribution in [0.2, 0.25) is 0 Å². The van der Waals surface area contributed by atoms with Gasteiger partial charge in [0, 0.05) is 23.8 Å². The summed E-state index contributed by atoms with van der Waals surface area (Å²) in [5.41, 5.74) is 6.51. The minimum absolute atomic E-state index is 0.0787. The van der Waals surface area contributed by atoms with Crippen LogP contribution in [0.1, 0.15) is 61.0 Å². The highest BCUT2D eigenvalue weighted by Crippen LogP contribution is 2.47. The maximum Gasteiger partial charge on any atom is 0.102 e. The van der Waals surface area contributed by atoms with Crippen molar-refractivity contribution in [3.63, 3.8) is 0 Å². The smallest absolute Gasteiger partial charge is 0.102 e. The van der Waals surface area contributed by atoms with E-state index in [9.17, 15) is 5.26 Å². The highest BCUT2D eigenvalue weighted by molar-refractivity contribution is 5.76. The molecule has 26 heavy (non-hydrogen) atoms. The van der Waals surface area contributed by atoms with E-state index in [1.165, 1.54) is 36.9 Å². The second kappa shape index (κ2) is 7.21. The Morgan fingerprint density at radius 3 is 2.50 bits per heavy atom. The lowest BCUT2D eigenvalue weighted by Gasteiger charge is -2.42. The van der Waals surface area contributed by atoms with E-state index < -0.39 is 0 Å². The van der Waals surface area contributed by atoms with Crippen LogP contribution in [0.5, 0.6) is 0 Å². The second-order valence-electron chi connectivity index (χ2n) is 7.74. The fraction of sp³-hybridized carbons (Fsp3) is 0.478. The van der Waals surface area contributed by atoms with Crippen LogP contribution in [-0.4, -0.2) is 18.7 Å². The van der Waals surface area contributed by atoms with Gasteiger partial charge < -0.3 is 4.74 Å². The van der Waals surface area contributed by atoms with Gasteiger partial charge in [0.1, 0.15) is 6.07 Å². The maximum absolute atomic E-state index is 10.2. The summed E-state index contributed by atoms with van der Waals surface area (Å²) < 4.78 is 5.57. The monoisotopic (exact) mass is 346 g/mol. The molecule has 1 aromatic carbocycles. The third-order valence-corrected chi connectivity index (χ3v) is 6.13. The third-order valence-electron chi connectivity index (χ3n) is 6.13. The second-order valence-corrected chi connectivity index (χ2v) is 7.74. The van der Waals surface area contributed by atoms with E-state index in [1.54, 1.807) is 7.11 Å². The van der Waals surface area contributed by atoms with Crippen molar-refractivity contribution in [3.8, 4) is 17.2 Å². The van der Waals surface area contributed by atoms with Gasteiger partial charge >= 0.3 is 0 Å². The van der Waals surface area contributed by atoms with E-state index in [0.717, 1.165) is 48.1 Å². The van der Waals surface area contributed by atoms with Crippen molar-refractivity contribution >= 4 is 0 Å². The van der Waals surface area contributed by atoms with Crippen LogP contribution in [0.4, 0.5) is 0 Å². The zero-order valence-corrected chi connectivity index (χ0v) is 15.6. The number of fused-ring (bicyclic) bond motifs is 1. The summed E-state index contributed by atoms with van der Waals surface area (Å²) in [4.78, 5) is 5.14. The van der Waals surface area contributed by atoms with E-state index in [1.807, 2.05) is 6.07 Å². The van der Waals surface area contributed by atoms with Gasteiger partial charge in [0.2, 0.25) is 0 Å². The van der Waals surface area contributed by atoms with Crippen LogP contribution in [-0.2, 0) is 23.0 Å². The zero-order chi connectivity index (χ0) is 18.0. The van der Waals surface area contributed by atoms with Crippen LogP contribution >= 0.6 is 0 Å². The van der Waals surface area contributed by atoms with Crippen molar-refractivity contribution in [2.45, 2.75) is 56.8 Å². The molecular formula is C23H26N2O. The number of nitriles is 1. The maximum atomic E-state index is 10.2. The number of benzene rings is 1. The molecule has 0 bridgehead atoms. The SMILES string of the molecule is COCC1(c2nc3c(c(-c4ccccc4)c2C#N)CCCCC3)CCC1. The number of pyridine rings is 1. The van der Waals surface area contributed by atoms with Crippen molar-refractivity contribution in [3.05, 3.63) is 52.8 Å². The van der Waals surface area contributed by atoms with Gasteiger partial charge in [-0.15, -0.1) is 0 Å². The molecule has 3 nitrogen and oxygen atoms in total. The minimum Gasteiger partial charge on any atom is -0.384 e. The van der Waals surface area contributed by atoms with Crippen molar-refractivity contribution in [2.24, 2.45) is 0 Å². The predicted octanol–water partition coefficient (Wildman–Crippen LogP) is 4.96. The van der Waals surface area contributed by atoms with Crippen LogP contribution in [0.3, 0.4) is 0 Å². The molecule has 4 rings (SSSR count). The molecule has 0 saturated heterocycles. The van der Waals surface area contributed by atoms with Crippen molar-refractivity contribution in [1.29, 1.82) is 5.26 Å². The summed E-state index contributed by atoms with van der Waals surface area (Å²) in [5, 5.41) is 10.2. The standard InChI is InChI=1S/C23H26N2O/c1-26-16-23(13-8-14-23)22-19(15-24)21(17-9-4-2-5-10-17)18-11-6-3-7-12-20(18)25-22/h2,4-5,9-10H,3,6-8,11-14,16H2,1H3. The topological polar surface area (TPSA) is 45.9 Å². The molecule has 1 saturated carbocycles. The Balaban J connectivity index is 1.99. The van der Waals surface area contributed by atoms with Crippen LogP contribution in [0.15, 0.2) is 30.3 Å². The molecule has 134 valence electrons. The summed E-state index contributed by atoms with van der Waals surface area (Å²) in [6.45, 7) is 0.654. The molecule has 0 spiro atoms. The molecule has 1 aromatic heterocycles. The average molecular weight is 346 g/mol. The lowest BCUT2D eigenvalue weighted by Crippen LogP contribution is -2.40. The molecule has 3 heteroatoms. The van der Waals surface area contributed by atoms with Crippen LogP contribution in [0.25, 0.3) is 11.1 Å². The number of rotatable bonds is 4. The lowest BCUT2D eigenvalue weighted by molar-refractivity contribution is 0.0760. The first-order valence-corrected chi connectivity index (χ1v) is 9.80. The summed E-state index contributed by atoms with van der Waals surface area (Å²) in [6, 6.07) is 13.0. The zero-order valence-electron chi connectivity index (χ0n) is 15.6. The molecule has 0 amide bonds. The lowest BCUT2D eigenvalue weighted by atomic mass is 9.65. The number of nitrogens with zero attached hydrogens (tertiary/aromatic N) is 2. The molecule has 2 aliphatic carbocycles. The van der Waals surface area contributed by atoms with E-state index in [0.29, 0.717) is 6.61 Å². The highest BCUT2D eigenvalue weighted by Gasteiger charge is 2.43. The summed E-state index contributed by atoms with van der Waals surface area (Å²) in [6.07, 6.45) is 8.98. The Kier molecular flexibility index (Phi) is 4.78. The predicted molar refractivity (Wildman–Crippen MR) is 103 cm³/mol. The number of hydrogen-bond donors (Lipinski definition) is 0. The largest absolute Gasteiger partial charge is 0.384 e. The molecular weight excluding hydrogens is 320 g/mol. The minimum atomic E-state index is -0.0787. The summed E-state index contributed by atoms with van der Waals surface area (Å²) in [7, 11) is 1.76. The van der Waals surface area contributed by atoms with Gasteiger partial charge in [-0.3, -0.25) is 4.98 Å². The normalized spacial score (nSPS) is 18.3. The number of ether oxygens (including phenoxy) is 1. The summed E-state index contributed by atoms with van der Waals surface area (Å²) in [5.74, 6) is 0. The number of aryl methyl sites for hydroxylation is 1. The Morgan fingerprint density at radius 2 is 1.85 bits per heavy atom.